The summed E-state index contributed by atoms with van der Waals surface area (Å²) in [6.45, 7) is 0.643. The van der Waals surface area contributed by atoms with Gasteiger partial charge >= 0.3 is 0 Å². The SMILES string of the molecule is COc1ccc([C@@H](CC(=O)NCCc2ccccc2)n2cccc2)cc1. The third-order valence-electron chi connectivity index (χ3n) is 4.45. The molecule has 1 amide bonds. The highest BCUT2D eigenvalue weighted by Gasteiger charge is 2.17. The molecule has 0 bridgehead atoms. The molecule has 26 heavy (non-hydrogen) atoms. The van der Waals surface area contributed by atoms with Gasteiger partial charge in [-0.25, -0.2) is 0 Å². The minimum atomic E-state index is -0.0346. The van der Waals surface area contributed by atoms with Crippen LogP contribution in [0.5, 0.6) is 5.75 Å². The van der Waals surface area contributed by atoms with Crippen LogP contribution in [-0.4, -0.2) is 24.1 Å². The Hall–Kier alpha value is -3.01. The van der Waals surface area contributed by atoms with E-state index in [0.717, 1.165) is 17.7 Å². The molecule has 134 valence electrons. The zero-order chi connectivity index (χ0) is 18.2. The van der Waals surface area contributed by atoms with Gasteiger partial charge in [0.05, 0.1) is 19.6 Å². The normalized spacial score (nSPS) is 11.7. The Morgan fingerprint density at radius 2 is 1.69 bits per heavy atom. The summed E-state index contributed by atoms with van der Waals surface area (Å²) >= 11 is 0. The number of nitrogens with zero attached hydrogens (tertiary/aromatic N) is 1. The molecule has 1 atom stereocenters. The van der Waals surface area contributed by atoms with Crippen LogP contribution in [0, 0.1) is 0 Å². The minimum Gasteiger partial charge on any atom is -0.497 e. The van der Waals surface area contributed by atoms with Crippen molar-refractivity contribution in [3.05, 3.63) is 90.3 Å². The summed E-state index contributed by atoms with van der Waals surface area (Å²) in [5.74, 6) is 0.864. The Kier molecular flexibility index (Phi) is 6.09. The Balaban J connectivity index is 1.62. The van der Waals surface area contributed by atoms with Crippen molar-refractivity contribution in [1.82, 2.24) is 9.88 Å². The Morgan fingerprint density at radius 1 is 1.00 bits per heavy atom. The lowest BCUT2D eigenvalue weighted by Gasteiger charge is -2.19. The lowest BCUT2D eigenvalue weighted by molar-refractivity contribution is -0.121. The van der Waals surface area contributed by atoms with E-state index in [1.54, 1.807) is 7.11 Å². The van der Waals surface area contributed by atoms with Crippen molar-refractivity contribution in [2.24, 2.45) is 0 Å². The van der Waals surface area contributed by atoms with Crippen LogP contribution in [0.3, 0.4) is 0 Å². The molecule has 1 aromatic heterocycles. The fourth-order valence-electron chi connectivity index (χ4n) is 3.02. The van der Waals surface area contributed by atoms with Crippen LogP contribution in [0.2, 0.25) is 0 Å². The number of benzene rings is 2. The Labute approximate surface area is 154 Å². The number of hydrogen-bond acceptors (Lipinski definition) is 2. The van der Waals surface area contributed by atoms with Crippen LogP contribution in [0.25, 0.3) is 0 Å². The summed E-state index contributed by atoms with van der Waals surface area (Å²) < 4.78 is 7.30. The van der Waals surface area contributed by atoms with Gasteiger partial charge in [-0.05, 0) is 41.8 Å². The number of amides is 1. The number of carbonyl (C=O) groups is 1. The molecule has 2 aromatic carbocycles. The Bertz CT molecular complexity index is 796. The first kappa shape index (κ1) is 17.8. The van der Waals surface area contributed by atoms with Crippen LogP contribution < -0.4 is 10.1 Å². The van der Waals surface area contributed by atoms with Crippen LogP contribution in [0.15, 0.2) is 79.1 Å². The molecule has 4 nitrogen and oxygen atoms in total. The largest absolute Gasteiger partial charge is 0.497 e. The van der Waals surface area contributed by atoms with E-state index in [1.165, 1.54) is 5.56 Å². The lowest BCUT2D eigenvalue weighted by atomic mass is 10.0. The monoisotopic (exact) mass is 348 g/mol. The topological polar surface area (TPSA) is 43.3 Å². The number of rotatable bonds is 8. The van der Waals surface area contributed by atoms with Gasteiger partial charge in [0, 0.05) is 18.9 Å². The molecule has 0 radical (unpaired) electrons. The Morgan fingerprint density at radius 3 is 2.35 bits per heavy atom. The second kappa shape index (κ2) is 8.90. The van der Waals surface area contributed by atoms with Gasteiger partial charge in [-0.3, -0.25) is 4.79 Å². The highest BCUT2D eigenvalue weighted by atomic mass is 16.5. The van der Waals surface area contributed by atoms with E-state index in [9.17, 15) is 4.79 Å². The van der Waals surface area contributed by atoms with Crippen molar-refractivity contribution in [3.8, 4) is 5.75 Å². The van der Waals surface area contributed by atoms with E-state index in [2.05, 4.69) is 22.0 Å². The molecule has 1 N–H and O–H groups in total. The first-order chi connectivity index (χ1) is 12.8. The van der Waals surface area contributed by atoms with Gasteiger partial charge in [0.1, 0.15) is 5.75 Å². The van der Waals surface area contributed by atoms with Crippen molar-refractivity contribution in [2.45, 2.75) is 18.9 Å². The standard InChI is InChI=1S/C22H24N2O2/c1-26-20-11-9-19(10-12-20)21(24-15-5-6-16-24)17-22(25)23-14-13-18-7-3-2-4-8-18/h2-12,15-16,21H,13-14,17H2,1H3,(H,23,25)/t21-/m1/s1. The maximum absolute atomic E-state index is 12.5. The highest BCUT2D eigenvalue weighted by Crippen LogP contribution is 2.24. The second-order valence-corrected chi connectivity index (χ2v) is 6.21. The van der Waals surface area contributed by atoms with Gasteiger partial charge in [-0.15, -0.1) is 0 Å². The summed E-state index contributed by atoms with van der Waals surface area (Å²) in [7, 11) is 1.65. The maximum Gasteiger partial charge on any atom is 0.222 e. The third-order valence-corrected chi connectivity index (χ3v) is 4.45. The number of nitrogens with one attached hydrogen (secondary N) is 1. The van der Waals surface area contributed by atoms with Crippen molar-refractivity contribution in [2.75, 3.05) is 13.7 Å². The molecule has 0 unspecified atom stereocenters. The zero-order valence-corrected chi connectivity index (χ0v) is 15.0. The third kappa shape index (κ3) is 4.76. The van der Waals surface area contributed by atoms with Crippen molar-refractivity contribution in [3.63, 3.8) is 0 Å². The van der Waals surface area contributed by atoms with Gasteiger partial charge in [0.25, 0.3) is 0 Å². The van der Waals surface area contributed by atoms with E-state index >= 15 is 0 Å². The first-order valence-corrected chi connectivity index (χ1v) is 8.83. The number of methoxy groups -OCH3 is 1. The van der Waals surface area contributed by atoms with Crippen molar-refractivity contribution < 1.29 is 9.53 Å². The number of ether oxygens (including phenoxy) is 1. The van der Waals surface area contributed by atoms with Crippen molar-refractivity contribution >= 4 is 5.91 Å². The van der Waals surface area contributed by atoms with Gasteiger partial charge in [0.15, 0.2) is 0 Å². The molecule has 3 aromatic rings. The smallest absolute Gasteiger partial charge is 0.222 e. The molecule has 1 heterocycles. The highest BCUT2D eigenvalue weighted by molar-refractivity contribution is 5.76. The number of carbonyl (C=O) groups excluding carboxylic acids is 1. The molecule has 0 saturated carbocycles. The maximum atomic E-state index is 12.5. The molecule has 0 spiro atoms. The van der Waals surface area contributed by atoms with Crippen LogP contribution >= 0.6 is 0 Å². The number of hydrogen-bond donors (Lipinski definition) is 1. The minimum absolute atomic E-state index is 0.0346. The summed E-state index contributed by atoms with van der Waals surface area (Å²) in [5, 5.41) is 3.04. The second-order valence-electron chi connectivity index (χ2n) is 6.21. The molecule has 3 rings (SSSR count). The predicted molar refractivity (Wildman–Crippen MR) is 103 cm³/mol. The van der Waals surface area contributed by atoms with E-state index in [4.69, 9.17) is 4.74 Å². The van der Waals surface area contributed by atoms with Gasteiger partial charge in [0.2, 0.25) is 5.91 Å². The van der Waals surface area contributed by atoms with Gasteiger partial charge in [-0.2, -0.15) is 0 Å². The fourth-order valence-corrected chi connectivity index (χ4v) is 3.02. The van der Waals surface area contributed by atoms with E-state index < -0.39 is 0 Å². The average Bonchev–Trinajstić information content (AvgIpc) is 3.22. The average molecular weight is 348 g/mol. The van der Waals surface area contributed by atoms with Crippen LogP contribution in [0.4, 0.5) is 0 Å². The molecule has 0 aliphatic heterocycles. The first-order valence-electron chi connectivity index (χ1n) is 8.83. The summed E-state index contributed by atoms with van der Waals surface area (Å²) in [6.07, 6.45) is 5.22. The van der Waals surface area contributed by atoms with Crippen LogP contribution in [-0.2, 0) is 11.2 Å². The molecule has 0 saturated heterocycles. The summed E-state index contributed by atoms with van der Waals surface area (Å²) in [6, 6.07) is 22.0. The molecule has 4 heteroatoms. The van der Waals surface area contributed by atoms with E-state index in [-0.39, 0.29) is 11.9 Å². The molecule has 0 aliphatic rings. The zero-order valence-electron chi connectivity index (χ0n) is 15.0. The fraction of sp³-hybridized carbons (Fsp3) is 0.227. The molecule has 0 fully saturated rings. The molecular formula is C22H24N2O2. The predicted octanol–water partition coefficient (Wildman–Crippen LogP) is 3.84. The summed E-state index contributed by atoms with van der Waals surface area (Å²) in [4.78, 5) is 12.5. The quantitative estimate of drug-likeness (QED) is 0.672. The van der Waals surface area contributed by atoms with E-state index in [0.29, 0.717) is 13.0 Å². The van der Waals surface area contributed by atoms with Crippen LogP contribution in [0.1, 0.15) is 23.6 Å². The molecular weight excluding hydrogens is 324 g/mol. The van der Waals surface area contributed by atoms with Gasteiger partial charge in [-0.1, -0.05) is 42.5 Å². The number of aromatic nitrogens is 1. The lowest BCUT2D eigenvalue weighted by Crippen LogP contribution is -2.28. The van der Waals surface area contributed by atoms with Crippen molar-refractivity contribution in [1.29, 1.82) is 0 Å². The van der Waals surface area contributed by atoms with E-state index in [1.807, 2.05) is 67.0 Å². The van der Waals surface area contributed by atoms with Gasteiger partial charge < -0.3 is 14.6 Å². The molecule has 0 aliphatic carbocycles. The summed E-state index contributed by atoms with van der Waals surface area (Å²) in [5.41, 5.74) is 2.31.